The number of amides is 1. The number of carbonyl (C=O) groups excluding carboxylic acids is 1. The SMILES string of the molecule is O=C(c1ccc(Cl)cc1F)N1CCN(Cc2cccc3c2NCC3)CC1. The molecule has 2 aromatic carbocycles. The highest BCUT2D eigenvalue weighted by molar-refractivity contribution is 6.30. The number of anilines is 1. The molecule has 0 unspecified atom stereocenters. The van der Waals surface area contributed by atoms with Crippen molar-refractivity contribution in [3.63, 3.8) is 0 Å². The second kappa shape index (κ2) is 7.25. The zero-order valence-electron chi connectivity index (χ0n) is 14.5. The van der Waals surface area contributed by atoms with Crippen molar-refractivity contribution < 1.29 is 9.18 Å². The Morgan fingerprint density at radius 1 is 1.15 bits per heavy atom. The van der Waals surface area contributed by atoms with Gasteiger partial charge in [-0.15, -0.1) is 0 Å². The maximum absolute atomic E-state index is 14.0. The average Bonchev–Trinajstić information content (AvgIpc) is 3.12. The second-order valence-electron chi connectivity index (χ2n) is 6.82. The molecule has 1 saturated heterocycles. The number of carbonyl (C=O) groups is 1. The van der Waals surface area contributed by atoms with Gasteiger partial charge in [0.1, 0.15) is 5.82 Å². The van der Waals surface area contributed by atoms with Gasteiger partial charge in [0.05, 0.1) is 5.56 Å². The number of nitrogens with zero attached hydrogens (tertiary/aromatic N) is 2. The van der Waals surface area contributed by atoms with Crippen molar-refractivity contribution in [2.75, 3.05) is 38.0 Å². The number of hydrogen-bond donors (Lipinski definition) is 1. The maximum atomic E-state index is 14.0. The number of hydrogen-bond acceptors (Lipinski definition) is 3. The monoisotopic (exact) mass is 373 g/mol. The van der Waals surface area contributed by atoms with E-state index in [0.717, 1.165) is 32.6 Å². The predicted molar refractivity (Wildman–Crippen MR) is 101 cm³/mol. The van der Waals surface area contributed by atoms with Crippen LogP contribution in [-0.4, -0.2) is 48.4 Å². The Hall–Kier alpha value is -2.11. The highest BCUT2D eigenvalue weighted by Crippen LogP contribution is 2.27. The molecule has 0 saturated carbocycles. The average molecular weight is 374 g/mol. The van der Waals surface area contributed by atoms with Crippen LogP contribution in [0.2, 0.25) is 5.02 Å². The lowest BCUT2D eigenvalue weighted by Gasteiger charge is -2.35. The first-order chi connectivity index (χ1) is 12.6. The zero-order valence-corrected chi connectivity index (χ0v) is 15.2. The van der Waals surface area contributed by atoms with E-state index >= 15 is 0 Å². The van der Waals surface area contributed by atoms with Gasteiger partial charge in [0.2, 0.25) is 0 Å². The third kappa shape index (κ3) is 3.41. The molecule has 2 aliphatic heterocycles. The highest BCUT2D eigenvalue weighted by atomic mass is 35.5. The molecule has 0 aliphatic carbocycles. The minimum Gasteiger partial charge on any atom is -0.384 e. The summed E-state index contributed by atoms with van der Waals surface area (Å²) in [6, 6.07) is 10.7. The van der Waals surface area contributed by atoms with Crippen LogP contribution in [0.25, 0.3) is 0 Å². The molecule has 0 atom stereocenters. The molecule has 26 heavy (non-hydrogen) atoms. The van der Waals surface area contributed by atoms with Crippen LogP contribution in [0, 0.1) is 5.82 Å². The van der Waals surface area contributed by atoms with Crippen molar-refractivity contribution in [1.82, 2.24) is 9.80 Å². The molecule has 1 amide bonds. The number of nitrogens with one attached hydrogen (secondary N) is 1. The molecule has 0 radical (unpaired) electrons. The normalized spacial score (nSPS) is 17.1. The van der Waals surface area contributed by atoms with Crippen molar-refractivity contribution >= 4 is 23.2 Å². The van der Waals surface area contributed by atoms with E-state index in [0.29, 0.717) is 18.1 Å². The van der Waals surface area contributed by atoms with E-state index in [9.17, 15) is 9.18 Å². The molecular weight excluding hydrogens is 353 g/mol. The Morgan fingerprint density at radius 3 is 2.73 bits per heavy atom. The molecule has 0 spiro atoms. The second-order valence-corrected chi connectivity index (χ2v) is 7.26. The lowest BCUT2D eigenvalue weighted by molar-refractivity contribution is 0.0624. The Balaban J connectivity index is 1.38. The summed E-state index contributed by atoms with van der Waals surface area (Å²) in [6.07, 6.45) is 1.08. The Labute approximate surface area is 157 Å². The first-order valence-electron chi connectivity index (χ1n) is 8.93. The summed E-state index contributed by atoms with van der Waals surface area (Å²) < 4.78 is 14.0. The Morgan fingerprint density at radius 2 is 1.96 bits per heavy atom. The number of fused-ring (bicyclic) bond motifs is 1. The number of benzene rings is 2. The van der Waals surface area contributed by atoms with Crippen LogP contribution < -0.4 is 5.32 Å². The first-order valence-corrected chi connectivity index (χ1v) is 9.31. The van der Waals surface area contributed by atoms with E-state index in [2.05, 4.69) is 28.4 Å². The standard InChI is InChI=1S/C20H21ClFN3O/c21-16-4-5-17(18(22)12-16)20(26)25-10-8-24(9-11-25)13-15-3-1-2-14-6-7-23-19(14)15/h1-5,12,23H,6-11,13H2. The predicted octanol–water partition coefficient (Wildman–Crippen LogP) is 3.41. The van der Waals surface area contributed by atoms with Gasteiger partial charge < -0.3 is 10.2 Å². The summed E-state index contributed by atoms with van der Waals surface area (Å²) in [6.45, 7) is 4.64. The molecule has 2 heterocycles. The van der Waals surface area contributed by atoms with Crippen LogP contribution in [0.4, 0.5) is 10.1 Å². The molecule has 1 N–H and O–H groups in total. The summed E-state index contributed by atoms with van der Waals surface area (Å²) in [4.78, 5) is 16.6. The van der Waals surface area contributed by atoms with Crippen LogP contribution in [0.3, 0.4) is 0 Å². The molecule has 0 bridgehead atoms. The molecule has 6 heteroatoms. The lowest BCUT2D eigenvalue weighted by Crippen LogP contribution is -2.48. The third-order valence-corrected chi connectivity index (χ3v) is 5.38. The molecule has 0 aromatic heterocycles. The largest absolute Gasteiger partial charge is 0.384 e. The molecule has 4 nitrogen and oxygen atoms in total. The van der Waals surface area contributed by atoms with Gasteiger partial charge in [-0.2, -0.15) is 0 Å². The van der Waals surface area contributed by atoms with E-state index in [1.807, 2.05) is 0 Å². The third-order valence-electron chi connectivity index (χ3n) is 5.15. The quantitative estimate of drug-likeness (QED) is 0.895. The van der Waals surface area contributed by atoms with Gasteiger partial charge in [-0.1, -0.05) is 29.8 Å². The fourth-order valence-corrected chi connectivity index (χ4v) is 3.88. The molecular formula is C20H21ClFN3O. The summed E-state index contributed by atoms with van der Waals surface area (Å²) >= 11 is 5.77. The summed E-state index contributed by atoms with van der Waals surface area (Å²) in [5, 5.41) is 3.77. The van der Waals surface area contributed by atoms with Crippen LogP contribution in [0.1, 0.15) is 21.5 Å². The molecule has 2 aromatic rings. The Bertz CT molecular complexity index is 834. The minimum absolute atomic E-state index is 0.0907. The topological polar surface area (TPSA) is 35.6 Å². The fourth-order valence-electron chi connectivity index (χ4n) is 3.73. The number of rotatable bonds is 3. The van der Waals surface area contributed by atoms with Gasteiger partial charge in [-0.05, 0) is 35.7 Å². The highest BCUT2D eigenvalue weighted by Gasteiger charge is 2.25. The number of piperazine rings is 1. The van der Waals surface area contributed by atoms with Crippen molar-refractivity contribution in [1.29, 1.82) is 0 Å². The molecule has 1 fully saturated rings. The lowest BCUT2D eigenvalue weighted by atomic mass is 10.1. The molecule has 136 valence electrons. The van der Waals surface area contributed by atoms with Gasteiger partial charge in [-0.3, -0.25) is 9.69 Å². The smallest absolute Gasteiger partial charge is 0.256 e. The van der Waals surface area contributed by atoms with Crippen LogP contribution in [0.5, 0.6) is 0 Å². The van der Waals surface area contributed by atoms with Crippen LogP contribution in [0.15, 0.2) is 36.4 Å². The molecule has 4 rings (SSSR count). The van der Waals surface area contributed by atoms with Crippen LogP contribution >= 0.6 is 11.6 Å². The maximum Gasteiger partial charge on any atom is 0.256 e. The van der Waals surface area contributed by atoms with Crippen molar-refractivity contribution in [3.8, 4) is 0 Å². The first kappa shape index (κ1) is 17.3. The fraction of sp³-hybridized carbons (Fsp3) is 0.350. The van der Waals surface area contributed by atoms with E-state index in [-0.39, 0.29) is 11.5 Å². The van der Waals surface area contributed by atoms with Gasteiger partial charge >= 0.3 is 0 Å². The van der Waals surface area contributed by atoms with Crippen molar-refractivity contribution in [2.45, 2.75) is 13.0 Å². The minimum atomic E-state index is -0.559. The van der Waals surface area contributed by atoms with Crippen molar-refractivity contribution in [2.24, 2.45) is 0 Å². The molecule has 2 aliphatic rings. The summed E-state index contributed by atoms with van der Waals surface area (Å²) in [7, 11) is 0. The zero-order chi connectivity index (χ0) is 18.1. The van der Waals surface area contributed by atoms with E-state index < -0.39 is 5.82 Å². The number of para-hydroxylation sites is 1. The van der Waals surface area contributed by atoms with Gasteiger partial charge in [0.25, 0.3) is 5.91 Å². The summed E-state index contributed by atoms with van der Waals surface area (Å²) in [5.41, 5.74) is 4.06. The van der Waals surface area contributed by atoms with Gasteiger partial charge in [0.15, 0.2) is 0 Å². The van der Waals surface area contributed by atoms with E-state index in [1.165, 1.54) is 28.9 Å². The summed E-state index contributed by atoms with van der Waals surface area (Å²) in [5.74, 6) is -0.822. The van der Waals surface area contributed by atoms with Gasteiger partial charge in [-0.25, -0.2) is 4.39 Å². The van der Waals surface area contributed by atoms with E-state index in [4.69, 9.17) is 11.6 Å². The number of halogens is 2. The van der Waals surface area contributed by atoms with Gasteiger partial charge in [0, 0.05) is 50.0 Å². The Kier molecular flexibility index (Phi) is 4.83. The van der Waals surface area contributed by atoms with Crippen LogP contribution in [-0.2, 0) is 13.0 Å². The van der Waals surface area contributed by atoms with E-state index in [1.54, 1.807) is 11.0 Å². The van der Waals surface area contributed by atoms with Crippen molar-refractivity contribution in [3.05, 3.63) is 63.9 Å².